The van der Waals surface area contributed by atoms with Crippen molar-refractivity contribution in [1.29, 1.82) is 0 Å². The minimum absolute atomic E-state index is 0.0656. The second kappa shape index (κ2) is 12.5. The number of carboxylic acids is 1. The second-order valence-electron chi connectivity index (χ2n) is 12.3. The van der Waals surface area contributed by atoms with E-state index in [1.54, 1.807) is 27.8 Å². The number of hydrogen-bond acceptors (Lipinski definition) is 5. The summed E-state index contributed by atoms with van der Waals surface area (Å²) in [4.78, 5) is 54.4. The lowest BCUT2D eigenvalue weighted by molar-refractivity contribution is -0.140. The summed E-state index contributed by atoms with van der Waals surface area (Å²) in [5.41, 5.74) is -1.35. The molecule has 0 aliphatic rings. The lowest BCUT2D eigenvalue weighted by atomic mass is 9.76. The Labute approximate surface area is 227 Å². The van der Waals surface area contributed by atoms with E-state index >= 15 is 0 Å². The van der Waals surface area contributed by atoms with Crippen molar-refractivity contribution < 1.29 is 29.0 Å². The van der Waals surface area contributed by atoms with Gasteiger partial charge in [-0.15, -0.1) is 0 Å². The Morgan fingerprint density at radius 1 is 0.974 bits per heavy atom. The molecule has 0 aromatic heterocycles. The molecule has 38 heavy (non-hydrogen) atoms. The fourth-order valence-corrected chi connectivity index (χ4v) is 3.99. The summed E-state index contributed by atoms with van der Waals surface area (Å²) in [6.45, 7) is 16.0. The number of amides is 3. The van der Waals surface area contributed by atoms with Gasteiger partial charge in [-0.2, -0.15) is 0 Å². The number of carbonyl (C=O) groups excluding carboxylic acids is 3. The smallest absolute Gasteiger partial charge is 0.410 e. The van der Waals surface area contributed by atoms with Gasteiger partial charge in [0.1, 0.15) is 17.7 Å². The molecule has 0 radical (unpaired) electrons. The molecule has 0 fully saturated rings. The first kappa shape index (κ1) is 32.7. The van der Waals surface area contributed by atoms with Gasteiger partial charge in [0.25, 0.3) is 0 Å². The number of carboxylic acid groups (broad SMARTS) is 1. The van der Waals surface area contributed by atoms with Crippen LogP contribution in [0.4, 0.5) is 4.79 Å². The molecule has 2 atom stereocenters. The molecule has 0 bridgehead atoms. The molecule has 2 unspecified atom stereocenters. The van der Waals surface area contributed by atoms with Crippen LogP contribution in [0.3, 0.4) is 0 Å². The maximum atomic E-state index is 14.0. The van der Waals surface area contributed by atoms with Crippen LogP contribution < -0.4 is 5.32 Å². The Bertz CT molecular complexity index is 1030. The van der Waals surface area contributed by atoms with Crippen LogP contribution >= 0.6 is 0 Å². The molecule has 9 heteroatoms. The normalized spacial score (nSPS) is 14.2. The lowest BCUT2D eigenvalue weighted by Gasteiger charge is -2.42. The third kappa shape index (κ3) is 8.89. The topological polar surface area (TPSA) is 116 Å². The van der Waals surface area contributed by atoms with E-state index in [4.69, 9.17) is 9.84 Å². The molecule has 0 spiro atoms. The summed E-state index contributed by atoms with van der Waals surface area (Å²) in [7, 11) is 3.07. The van der Waals surface area contributed by atoms with Crippen LogP contribution in [0.25, 0.3) is 0 Å². The second-order valence-corrected chi connectivity index (χ2v) is 12.3. The largest absolute Gasteiger partial charge is 0.478 e. The monoisotopic (exact) mass is 531 g/mol. The molecule has 0 aliphatic heterocycles. The number of benzene rings is 1. The summed E-state index contributed by atoms with van der Waals surface area (Å²) in [5, 5.41) is 12.0. The number of hydrogen-bond donors (Lipinski definition) is 2. The van der Waals surface area contributed by atoms with Gasteiger partial charge in [0.2, 0.25) is 11.8 Å². The number of aliphatic carboxylic acids is 1. The van der Waals surface area contributed by atoms with Crippen molar-refractivity contribution in [2.75, 3.05) is 20.6 Å². The summed E-state index contributed by atoms with van der Waals surface area (Å²) < 4.78 is 5.57. The van der Waals surface area contributed by atoms with Gasteiger partial charge in [0.15, 0.2) is 0 Å². The summed E-state index contributed by atoms with van der Waals surface area (Å²) in [6, 6.07) is 7.42. The van der Waals surface area contributed by atoms with Crippen LogP contribution in [0.5, 0.6) is 0 Å². The number of likely N-dealkylation sites (N-methyl/N-ethyl adjacent to an activating group) is 2. The Balaban J connectivity index is 3.45. The Kier molecular flexibility index (Phi) is 10.7. The van der Waals surface area contributed by atoms with Gasteiger partial charge < -0.3 is 20.1 Å². The Morgan fingerprint density at radius 2 is 1.50 bits per heavy atom. The number of carbonyl (C=O) groups is 4. The lowest BCUT2D eigenvalue weighted by Crippen LogP contribution is -2.62. The van der Waals surface area contributed by atoms with Gasteiger partial charge in [-0.1, -0.05) is 71.0 Å². The highest BCUT2D eigenvalue weighted by atomic mass is 16.6. The van der Waals surface area contributed by atoms with E-state index in [0.29, 0.717) is 0 Å². The first-order valence-corrected chi connectivity index (χ1v) is 12.7. The van der Waals surface area contributed by atoms with Crippen molar-refractivity contribution in [3.63, 3.8) is 0 Å². The number of nitrogens with zero attached hydrogens (tertiary/aromatic N) is 2. The highest BCUT2D eigenvalue weighted by Crippen LogP contribution is 2.32. The van der Waals surface area contributed by atoms with E-state index in [9.17, 15) is 19.2 Å². The van der Waals surface area contributed by atoms with Crippen LogP contribution in [0, 0.1) is 5.41 Å². The minimum atomic E-state index is -1.07. The summed E-state index contributed by atoms with van der Waals surface area (Å²) >= 11 is 0. The van der Waals surface area contributed by atoms with E-state index in [0.717, 1.165) is 5.56 Å². The van der Waals surface area contributed by atoms with Crippen molar-refractivity contribution in [2.24, 2.45) is 5.41 Å². The van der Waals surface area contributed by atoms with Crippen molar-refractivity contribution in [1.82, 2.24) is 15.1 Å². The Hall–Kier alpha value is -3.36. The minimum Gasteiger partial charge on any atom is -0.478 e. The maximum Gasteiger partial charge on any atom is 0.410 e. The average molecular weight is 532 g/mol. The third-order valence-corrected chi connectivity index (χ3v) is 6.30. The van der Waals surface area contributed by atoms with Crippen LogP contribution in [0.1, 0.15) is 67.9 Å². The van der Waals surface area contributed by atoms with Gasteiger partial charge in [-0.3, -0.25) is 14.5 Å². The van der Waals surface area contributed by atoms with Gasteiger partial charge in [0.05, 0.1) is 0 Å². The van der Waals surface area contributed by atoms with Gasteiger partial charge in [0, 0.05) is 31.6 Å². The van der Waals surface area contributed by atoms with Crippen molar-refractivity contribution in [3.05, 3.63) is 47.5 Å². The third-order valence-electron chi connectivity index (χ3n) is 6.30. The zero-order chi connectivity index (χ0) is 29.6. The number of ether oxygens (including phenoxy) is 1. The quantitative estimate of drug-likeness (QED) is 0.461. The van der Waals surface area contributed by atoms with Crippen LogP contribution in [0.2, 0.25) is 0 Å². The fourth-order valence-electron chi connectivity index (χ4n) is 3.99. The van der Waals surface area contributed by atoms with Gasteiger partial charge in [-0.25, -0.2) is 9.59 Å². The molecule has 212 valence electrons. The highest BCUT2D eigenvalue weighted by molar-refractivity contribution is 5.93. The van der Waals surface area contributed by atoms with Crippen LogP contribution in [-0.4, -0.2) is 77.1 Å². The SMILES string of the molecule is C/C(=C\CN(C)C(=O)C(NC(=O)C(N(C)C(=O)OC(C)(C)C)C(C)(C)c1ccccc1)C(C)(C)C)C(=O)O. The number of nitrogens with one attached hydrogen (secondary N) is 1. The summed E-state index contributed by atoms with van der Waals surface area (Å²) in [6.07, 6.45) is 0.783. The molecule has 2 N–H and O–H groups in total. The molecule has 3 amide bonds. The van der Waals surface area contributed by atoms with Crippen LogP contribution in [-0.2, 0) is 24.5 Å². The average Bonchev–Trinajstić information content (AvgIpc) is 2.78. The highest BCUT2D eigenvalue weighted by Gasteiger charge is 2.45. The molecule has 0 aliphatic carbocycles. The van der Waals surface area contributed by atoms with Gasteiger partial charge in [-0.05, 0) is 38.7 Å². The molecule has 1 aromatic carbocycles. The number of rotatable bonds is 9. The van der Waals surface area contributed by atoms with Gasteiger partial charge >= 0.3 is 12.1 Å². The van der Waals surface area contributed by atoms with Crippen molar-refractivity contribution in [3.8, 4) is 0 Å². The van der Waals surface area contributed by atoms with E-state index in [2.05, 4.69) is 5.32 Å². The molecule has 0 heterocycles. The van der Waals surface area contributed by atoms with E-state index < -0.39 is 46.5 Å². The standard InChI is InChI=1S/C29H45N3O6/c1-19(25(35)36)17-18-31(10)24(34)21(27(2,3)4)30-23(33)22(32(11)26(37)38-28(5,6)7)29(8,9)20-15-13-12-14-16-20/h12-17,21-22H,18H2,1-11H3,(H,30,33)(H,35,36)/b19-17+. The first-order valence-electron chi connectivity index (χ1n) is 12.7. The molecular formula is C29H45N3O6. The molecule has 9 nitrogen and oxygen atoms in total. The molecular weight excluding hydrogens is 486 g/mol. The maximum absolute atomic E-state index is 14.0. The van der Waals surface area contributed by atoms with E-state index in [1.165, 1.54) is 29.8 Å². The van der Waals surface area contributed by atoms with Crippen LogP contribution in [0.15, 0.2) is 42.0 Å². The van der Waals surface area contributed by atoms with E-state index in [1.807, 2.05) is 65.0 Å². The van der Waals surface area contributed by atoms with Crippen molar-refractivity contribution in [2.45, 2.75) is 85.4 Å². The predicted octanol–water partition coefficient (Wildman–Crippen LogP) is 4.22. The van der Waals surface area contributed by atoms with E-state index in [-0.39, 0.29) is 18.0 Å². The fraction of sp³-hybridized carbons (Fsp3) is 0.586. The van der Waals surface area contributed by atoms with Crippen molar-refractivity contribution >= 4 is 23.9 Å². The molecule has 1 aromatic rings. The predicted molar refractivity (Wildman–Crippen MR) is 148 cm³/mol. The summed E-state index contributed by atoms with van der Waals surface area (Å²) in [5.74, 6) is -1.95. The zero-order valence-corrected chi connectivity index (χ0v) is 24.7. The molecule has 0 saturated heterocycles. The first-order chi connectivity index (χ1) is 17.2. The zero-order valence-electron chi connectivity index (χ0n) is 24.7. The Morgan fingerprint density at radius 3 is 1.95 bits per heavy atom. The molecule has 1 rings (SSSR count). The molecule has 0 saturated carbocycles.